The molecular formula is C18H15NO5. The van der Waals surface area contributed by atoms with Crippen molar-refractivity contribution in [2.24, 2.45) is 0 Å². The van der Waals surface area contributed by atoms with Gasteiger partial charge in [0.1, 0.15) is 22.8 Å². The minimum Gasteiger partial charge on any atom is -0.497 e. The molecule has 0 aliphatic carbocycles. The lowest BCUT2D eigenvalue weighted by atomic mass is 10.0. The van der Waals surface area contributed by atoms with Crippen LogP contribution in [-0.2, 0) is 0 Å². The van der Waals surface area contributed by atoms with Gasteiger partial charge in [0.05, 0.1) is 14.2 Å². The van der Waals surface area contributed by atoms with E-state index in [0.29, 0.717) is 22.6 Å². The SMILES string of the molecule is COc1cccc(-c2noc(-c3cccc(OC)c3)c2C(=O)O)c1. The molecule has 1 heterocycles. The van der Waals surface area contributed by atoms with Crippen LogP contribution in [0.3, 0.4) is 0 Å². The van der Waals surface area contributed by atoms with Gasteiger partial charge in [-0.05, 0) is 24.3 Å². The number of nitrogens with zero attached hydrogens (tertiary/aromatic N) is 1. The van der Waals surface area contributed by atoms with E-state index in [0.717, 1.165) is 0 Å². The zero-order valence-corrected chi connectivity index (χ0v) is 13.1. The largest absolute Gasteiger partial charge is 0.497 e. The molecule has 0 bridgehead atoms. The lowest BCUT2D eigenvalue weighted by Gasteiger charge is -2.04. The molecule has 0 fully saturated rings. The molecule has 6 nitrogen and oxygen atoms in total. The maximum absolute atomic E-state index is 11.8. The highest BCUT2D eigenvalue weighted by atomic mass is 16.5. The van der Waals surface area contributed by atoms with Crippen molar-refractivity contribution >= 4 is 5.97 Å². The number of rotatable bonds is 5. The van der Waals surface area contributed by atoms with Crippen molar-refractivity contribution < 1.29 is 23.9 Å². The highest BCUT2D eigenvalue weighted by Gasteiger charge is 2.25. The smallest absolute Gasteiger partial charge is 0.342 e. The highest BCUT2D eigenvalue weighted by Crippen LogP contribution is 2.34. The standard InChI is InChI=1S/C18H15NO5/c1-22-13-7-3-5-11(9-13)16-15(18(20)21)17(24-19-16)12-6-4-8-14(10-12)23-2/h3-10H,1-2H3,(H,20,21). The van der Waals surface area contributed by atoms with Crippen LogP contribution in [0.15, 0.2) is 53.1 Å². The van der Waals surface area contributed by atoms with Crippen LogP contribution in [0, 0.1) is 0 Å². The van der Waals surface area contributed by atoms with Gasteiger partial charge in [-0.15, -0.1) is 0 Å². The first-order valence-corrected chi connectivity index (χ1v) is 7.16. The fraction of sp³-hybridized carbons (Fsp3) is 0.111. The zero-order chi connectivity index (χ0) is 17.1. The van der Waals surface area contributed by atoms with E-state index in [2.05, 4.69) is 5.16 Å². The molecule has 0 spiro atoms. The number of benzene rings is 2. The summed E-state index contributed by atoms with van der Waals surface area (Å²) in [7, 11) is 3.08. The van der Waals surface area contributed by atoms with Crippen molar-refractivity contribution in [1.82, 2.24) is 5.16 Å². The van der Waals surface area contributed by atoms with E-state index in [1.165, 1.54) is 0 Å². The van der Waals surface area contributed by atoms with E-state index in [9.17, 15) is 9.90 Å². The number of carbonyl (C=O) groups is 1. The van der Waals surface area contributed by atoms with E-state index >= 15 is 0 Å². The van der Waals surface area contributed by atoms with Gasteiger partial charge in [-0.1, -0.05) is 29.4 Å². The molecule has 1 N–H and O–H groups in total. The molecule has 24 heavy (non-hydrogen) atoms. The van der Waals surface area contributed by atoms with E-state index in [1.54, 1.807) is 62.8 Å². The average Bonchev–Trinajstić information content (AvgIpc) is 3.07. The van der Waals surface area contributed by atoms with Gasteiger partial charge in [-0.2, -0.15) is 0 Å². The van der Waals surface area contributed by atoms with Gasteiger partial charge in [0.25, 0.3) is 0 Å². The van der Waals surface area contributed by atoms with E-state index in [1.807, 2.05) is 0 Å². The Labute approximate surface area is 138 Å². The average molecular weight is 325 g/mol. The summed E-state index contributed by atoms with van der Waals surface area (Å²) in [5.74, 6) is 0.268. The van der Waals surface area contributed by atoms with Crippen molar-refractivity contribution in [2.45, 2.75) is 0 Å². The molecule has 0 saturated carbocycles. The first-order chi connectivity index (χ1) is 11.6. The second kappa shape index (κ2) is 6.45. The third-order valence-corrected chi connectivity index (χ3v) is 3.58. The van der Waals surface area contributed by atoms with Crippen LogP contribution in [0.4, 0.5) is 0 Å². The number of methoxy groups -OCH3 is 2. The summed E-state index contributed by atoms with van der Waals surface area (Å²) in [6.07, 6.45) is 0. The monoisotopic (exact) mass is 325 g/mol. The van der Waals surface area contributed by atoms with Crippen LogP contribution in [-0.4, -0.2) is 30.5 Å². The summed E-state index contributed by atoms with van der Waals surface area (Å²) in [6.45, 7) is 0. The van der Waals surface area contributed by atoms with Gasteiger partial charge in [0.15, 0.2) is 5.76 Å². The Bertz CT molecular complexity index is 820. The molecule has 6 heteroatoms. The Hall–Kier alpha value is -3.28. The zero-order valence-electron chi connectivity index (χ0n) is 13.1. The fourth-order valence-corrected chi connectivity index (χ4v) is 2.42. The lowest BCUT2D eigenvalue weighted by molar-refractivity contribution is 0.0698. The predicted octanol–water partition coefficient (Wildman–Crippen LogP) is 3.72. The molecule has 0 amide bonds. The molecule has 0 aliphatic rings. The third kappa shape index (κ3) is 2.81. The lowest BCUT2D eigenvalue weighted by Crippen LogP contribution is -1.99. The second-order valence-corrected chi connectivity index (χ2v) is 5.00. The fourth-order valence-electron chi connectivity index (χ4n) is 2.42. The van der Waals surface area contributed by atoms with Crippen molar-refractivity contribution in [2.75, 3.05) is 14.2 Å². The molecule has 3 rings (SSSR count). The Morgan fingerprint density at radius 1 is 1.00 bits per heavy atom. The summed E-state index contributed by atoms with van der Waals surface area (Å²) in [6, 6.07) is 14.0. The Morgan fingerprint density at radius 2 is 1.58 bits per heavy atom. The molecule has 0 saturated heterocycles. The van der Waals surface area contributed by atoms with Crippen LogP contribution in [0.1, 0.15) is 10.4 Å². The summed E-state index contributed by atoms with van der Waals surface area (Å²) >= 11 is 0. The van der Waals surface area contributed by atoms with Crippen LogP contribution in [0.5, 0.6) is 11.5 Å². The number of aromatic nitrogens is 1. The first-order valence-electron chi connectivity index (χ1n) is 7.16. The quantitative estimate of drug-likeness (QED) is 0.770. The third-order valence-electron chi connectivity index (χ3n) is 3.58. The second-order valence-electron chi connectivity index (χ2n) is 5.00. The van der Waals surface area contributed by atoms with Crippen molar-refractivity contribution in [1.29, 1.82) is 0 Å². The van der Waals surface area contributed by atoms with Gasteiger partial charge in [0, 0.05) is 11.1 Å². The summed E-state index contributed by atoms with van der Waals surface area (Å²) < 4.78 is 15.7. The molecule has 2 aromatic carbocycles. The molecular weight excluding hydrogens is 310 g/mol. The number of carboxylic acids is 1. The minimum absolute atomic E-state index is 0.00324. The molecule has 0 radical (unpaired) electrons. The van der Waals surface area contributed by atoms with Gasteiger partial charge < -0.3 is 19.1 Å². The number of hydrogen-bond donors (Lipinski definition) is 1. The highest BCUT2D eigenvalue weighted by molar-refractivity contribution is 6.00. The predicted molar refractivity (Wildman–Crippen MR) is 87.4 cm³/mol. The number of carboxylic acid groups (broad SMARTS) is 1. The van der Waals surface area contributed by atoms with E-state index in [4.69, 9.17) is 14.0 Å². The maximum Gasteiger partial charge on any atom is 0.342 e. The molecule has 122 valence electrons. The van der Waals surface area contributed by atoms with Gasteiger partial charge in [-0.3, -0.25) is 0 Å². The van der Waals surface area contributed by atoms with E-state index in [-0.39, 0.29) is 17.0 Å². The Balaban J connectivity index is 2.16. The topological polar surface area (TPSA) is 81.8 Å². The molecule has 0 aliphatic heterocycles. The number of ether oxygens (including phenoxy) is 2. The summed E-state index contributed by atoms with van der Waals surface area (Å²) in [5.41, 5.74) is 1.42. The molecule has 3 aromatic rings. The van der Waals surface area contributed by atoms with Crippen LogP contribution < -0.4 is 9.47 Å². The molecule has 0 unspecified atom stereocenters. The van der Waals surface area contributed by atoms with Crippen molar-refractivity contribution in [3.63, 3.8) is 0 Å². The maximum atomic E-state index is 11.8. The van der Waals surface area contributed by atoms with Crippen molar-refractivity contribution in [3.8, 4) is 34.1 Å². The normalized spacial score (nSPS) is 10.4. The summed E-state index contributed by atoms with van der Waals surface area (Å²) in [4.78, 5) is 11.8. The first kappa shape index (κ1) is 15.6. The Kier molecular flexibility index (Phi) is 4.20. The van der Waals surface area contributed by atoms with Crippen LogP contribution in [0.2, 0.25) is 0 Å². The number of aromatic carboxylic acids is 1. The van der Waals surface area contributed by atoms with Crippen LogP contribution in [0.25, 0.3) is 22.6 Å². The van der Waals surface area contributed by atoms with Crippen LogP contribution >= 0.6 is 0 Å². The Morgan fingerprint density at radius 3 is 2.17 bits per heavy atom. The van der Waals surface area contributed by atoms with Gasteiger partial charge in [-0.25, -0.2) is 4.79 Å². The molecule has 0 atom stereocenters. The summed E-state index contributed by atoms with van der Waals surface area (Å²) in [5, 5.41) is 13.6. The molecule has 1 aromatic heterocycles. The number of hydrogen-bond acceptors (Lipinski definition) is 5. The van der Waals surface area contributed by atoms with Crippen molar-refractivity contribution in [3.05, 3.63) is 54.1 Å². The minimum atomic E-state index is -1.12. The van der Waals surface area contributed by atoms with E-state index < -0.39 is 5.97 Å². The van der Waals surface area contributed by atoms with Gasteiger partial charge in [0.2, 0.25) is 0 Å². The van der Waals surface area contributed by atoms with Gasteiger partial charge >= 0.3 is 5.97 Å².